The number of rotatable bonds is 3. The van der Waals surface area contributed by atoms with Gasteiger partial charge < -0.3 is 10.7 Å². The molecule has 0 radical (unpaired) electrons. The number of benzene rings is 2. The van der Waals surface area contributed by atoms with E-state index in [1.54, 1.807) is 0 Å². The molecule has 1 amide bonds. The summed E-state index contributed by atoms with van der Waals surface area (Å²) in [5, 5.41) is 11.3. The molecule has 1 aliphatic carbocycles. The Hall–Kier alpha value is -3.01. The molecule has 1 saturated carbocycles. The summed E-state index contributed by atoms with van der Waals surface area (Å²) in [5.74, 6) is 0.323. The monoisotopic (exact) mass is 473 g/mol. The number of hydrogen-bond acceptors (Lipinski definition) is 5. The lowest BCUT2D eigenvalue weighted by molar-refractivity contribution is -0.137. The maximum atomic E-state index is 13.4. The first-order valence-electron chi connectivity index (χ1n) is 10.8. The first-order valence-corrected chi connectivity index (χ1v) is 11.7. The summed E-state index contributed by atoms with van der Waals surface area (Å²) in [7, 11) is 0. The summed E-state index contributed by atoms with van der Waals surface area (Å²) in [6.45, 7) is 0. The second-order valence-corrected chi connectivity index (χ2v) is 9.47. The van der Waals surface area contributed by atoms with Crippen molar-refractivity contribution < 1.29 is 18.0 Å². The number of halogens is 3. The molecule has 2 N–H and O–H groups in total. The van der Waals surface area contributed by atoms with E-state index in [4.69, 9.17) is 0 Å². The molecule has 0 unspecified atom stereocenters. The number of hydrogen-bond donors (Lipinski definition) is 2. The smallest absolute Gasteiger partial charge is 0.325 e. The number of thioether (sulfide) groups is 1. The average Bonchev–Trinajstić information content (AvgIpc) is 3.21. The van der Waals surface area contributed by atoms with Crippen molar-refractivity contribution in [3.05, 3.63) is 60.2 Å². The normalized spacial score (nSPS) is 19.5. The maximum Gasteiger partial charge on any atom is 0.416 e. The van der Waals surface area contributed by atoms with Crippen LogP contribution in [0.5, 0.6) is 0 Å². The Morgan fingerprint density at radius 1 is 1.06 bits per heavy atom. The number of aromatic nitrogens is 3. The largest absolute Gasteiger partial charge is 0.416 e. The fourth-order valence-electron chi connectivity index (χ4n) is 4.56. The van der Waals surface area contributed by atoms with Crippen LogP contribution >= 0.6 is 11.8 Å². The number of nitrogens with one attached hydrogen (secondary N) is 2. The Morgan fingerprint density at radius 3 is 2.55 bits per heavy atom. The predicted octanol–water partition coefficient (Wildman–Crippen LogP) is 5.32. The van der Waals surface area contributed by atoms with Crippen LogP contribution in [0.1, 0.15) is 37.7 Å². The summed E-state index contributed by atoms with van der Waals surface area (Å²) in [4.78, 5) is 13.4. The topological polar surface area (TPSA) is 71.8 Å². The van der Waals surface area contributed by atoms with Gasteiger partial charge in [-0.25, -0.2) is 4.68 Å². The highest BCUT2D eigenvalue weighted by molar-refractivity contribution is 8.00. The number of alkyl halides is 3. The summed E-state index contributed by atoms with van der Waals surface area (Å²) >= 11 is 1.31. The van der Waals surface area contributed by atoms with Crippen LogP contribution in [0.15, 0.2) is 59.8 Å². The molecule has 1 spiro atoms. The zero-order valence-corrected chi connectivity index (χ0v) is 18.4. The van der Waals surface area contributed by atoms with Crippen LogP contribution in [0.2, 0.25) is 0 Å². The minimum atomic E-state index is -4.48. The van der Waals surface area contributed by atoms with Crippen molar-refractivity contribution >= 4 is 23.4 Å². The first-order chi connectivity index (χ1) is 15.9. The quantitative estimate of drug-likeness (QED) is 0.539. The Morgan fingerprint density at radius 2 is 1.82 bits per heavy atom. The molecule has 10 heteroatoms. The predicted molar refractivity (Wildman–Crippen MR) is 120 cm³/mol. The molecule has 0 saturated heterocycles. The van der Waals surface area contributed by atoms with E-state index in [1.165, 1.54) is 23.9 Å². The van der Waals surface area contributed by atoms with Crippen molar-refractivity contribution in [3.63, 3.8) is 0 Å². The lowest BCUT2D eigenvalue weighted by atomic mass is 9.79. The van der Waals surface area contributed by atoms with Crippen LogP contribution < -0.4 is 10.7 Å². The number of carbonyl (C=O) groups is 1. The molecule has 2 aliphatic rings. The van der Waals surface area contributed by atoms with Gasteiger partial charge in [-0.2, -0.15) is 13.2 Å². The average molecular weight is 474 g/mol. The van der Waals surface area contributed by atoms with Gasteiger partial charge in [0.2, 0.25) is 11.1 Å². The first kappa shape index (κ1) is 21.8. The lowest BCUT2D eigenvalue weighted by Gasteiger charge is -2.46. The highest BCUT2D eigenvalue weighted by Crippen LogP contribution is 2.44. The van der Waals surface area contributed by atoms with Crippen molar-refractivity contribution in [1.29, 1.82) is 0 Å². The van der Waals surface area contributed by atoms with E-state index in [9.17, 15) is 18.0 Å². The molecular formula is C23H22F3N5OS. The highest BCUT2D eigenvalue weighted by Gasteiger charge is 2.49. The molecule has 1 fully saturated rings. The van der Waals surface area contributed by atoms with Gasteiger partial charge >= 0.3 is 6.18 Å². The number of fused-ring (bicyclic) bond motifs is 1. The van der Waals surface area contributed by atoms with E-state index >= 15 is 0 Å². The fourth-order valence-corrected chi connectivity index (χ4v) is 5.78. The minimum absolute atomic E-state index is 0.124. The van der Waals surface area contributed by atoms with Crippen LogP contribution in [-0.2, 0) is 11.0 Å². The second kappa shape index (κ2) is 8.40. The molecule has 1 aliphatic heterocycles. The minimum Gasteiger partial charge on any atom is -0.325 e. The molecule has 6 nitrogen and oxygen atoms in total. The zero-order valence-electron chi connectivity index (χ0n) is 17.6. The van der Waals surface area contributed by atoms with E-state index in [-0.39, 0.29) is 11.6 Å². The van der Waals surface area contributed by atoms with Gasteiger partial charge in [-0.1, -0.05) is 67.4 Å². The molecule has 2 aromatic carbocycles. The van der Waals surface area contributed by atoms with Crippen LogP contribution in [0, 0.1) is 0 Å². The van der Waals surface area contributed by atoms with E-state index in [1.807, 2.05) is 35.0 Å². The molecule has 3 aromatic rings. The van der Waals surface area contributed by atoms with E-state index < -0.39 is 22.5 Å². The van der Waals surface area contributed by atoms with Crippen molar-refractivity contribution in [2.24, 2.45) is 0 Å². The van der Waals surface area contributed by atoms with Crippen molar-refractivity contribution in [2.45, 2.75) is 54.2 Å². The van der Waals surface area contributed by atoms with Gasteiger partial charge in [0.15, 0.2) is 5.82 Å². The molecular weight excluding hydrogens is 451 g/mol. The van der Waals surface area contributed by atoms with Gasteiger partial charge in [0, 0.05) is 11.3 Å². The number of carbonyl (C=O) groups excluding carboxylic acids is 1. The van der Waals surface area contributed by atoms with Gasteiger partial charge in [-0.3, -0.25) is 4.79 Å². The molecule has 1 aromatic heterocycles. The zero-order chi connectivity index (χ0) is 23.1. The van der Waals surface area contributed by atoms with Crippen LogP contribution in [-0.4, -0.2) is 31.6 Å². The summed E-state index contributed by atoms with van der Waals surface area (Å²) in [6.07, 6.45) is 0.0600. The van der Waals surface area contributed by atoms with Crippen molar-refractivity contribution in [3.8, 4) is 11.4 Å². The van der Waals surface area contributed by atoms with Gasteiger partial charge in [-0.15, -0.1) is 10.2 Å². The number of amides is 1. The molecule has 0 bridgehead atoms. The molecule has 2 heterocycles. The molecule has 33 heavy (non-hydrogen) atoms. The third kappa shape index (κ3) is 4.19. The lowest BCUT2D eigenvalue weighted by Crippen LogP contribution is -2.59. The van der Waals surface area contributed by atoms with Crippen LogP contribution in [0.25, 0.3) is 11.4 Å². The van der Waals surface area contributed by atoms with Crippen LogP contribution in [0.4, 0.5) is 18.9 Å². The Bertz CT molecular complexity index is 1160. The third-order valence-corrected chi connectivity index (χ3v) is 7.54. The van der Waals surface area contributed by atoms with Crippen molar-refractivity contribution in [1.82, 2.24) is 14.9 Å². The van der Waals surface area contributed by atoms with Gasteiger partial charge in [0.1, 0.15) is 5.25 Å². The maximum absolute atomic E-state index is 13.4. The highest BCUT2D eigenvalue weighted by atomic mass is 32.2. The van der Waals surface area contributed by atoms with Crippen LogP contribution in [0.3, 0.4) is 0 Å². The third-order valence-electron chi connectivity index (χ3n) is 6.17. The van der Waals surface area contributed by atoms with E-state index in [2.05, 4.69) is 20.9 Å². The number of nitrogens with zero attached hydrogens (tertiary/aromatic N) is 3. The van der Waals surface area contributed by atoms with Crippen molar-refractivity contribution in [2.75, 3.05) is 10.7 Å². The van der Waals surface area contributed by atoms with E-state index in [0.717, 1.165) is 49.8 Å². The number of anilines is 1. The Labute approximate surface area is 192 Å². The fraction of sp³-hybridized carbons (Fsp3) is 0.348. The summed E-state index contributed by atoms with van der Waals surface area (Å²) in [6, 6.07) is 14.4. The van der Waals surface area contributed by atoms with Gasteiger partial charge in [0.25, 0.3) is 0 Å². The molecule has 1 atom stereocenters. The Balaban J connectivity index is 1.46. The molecule has 5 rings (SSSR count). The standard InChI is InChI=1S/C23H22F3N5OS/c24-23(25,26)16-10-7-11-17(14-16)27-20(32)18-22(12-5-2-6-13-22)30-31-19(28-29-21(31)33-18)15-8-3-1-4-9-15/h1,3-4,7-11,14,18,30H,2,5-6,12-13H2,(H,27,32)/t18-/m0/s1. The SMILES string of the molecule is O=C(Nc1cccc(C(F)(F)F)c1)[C@@H]1Sc2nnc(-c3ccccc3)n2NC12CCCCC2. The van der Waals surface area contributed by atoms with Gasteiger partial charge in [-0.05, 0) is 31.0 Å². The molecule has 172 valence electrons. The van der Waals surface area contributed by atoms with Gasteiger partial charge in [0.05, 0.1) is 11.1 Å². The summed E-state index contributed by atoms with van der Waals surface area (Å²) < 4.78 is 41.2. The Kier molecular flexibility index (Phi) is 5.55. The second-order valence-electron chi connectivity index (χ2n) is 8.40. The summed E-state index contributed by atoms with van der Waals surface area (Å²) in [5.41, 5.74) is 3.23. The van der Waals surface area contributed by atoms with E-state index in [0.29, 0.717) is 11.0 Å².